The lowest BCUT2D eigenvalue weighted by Crippen LogP contribution is -2.25. The van der Waals surface area contributed by atoms with Crippen LogP contribution in [-0.2, 0) is 28.7 Å². The van der Waals surface area contributed by atoms with Crippen LogP contribution in [0.2, 0.25) is 0 Å². The number of benzene rings is 2. The molecule has 2 aromatic heterocycles. The van der Waals surface area contributed by atoms with Crippen molar-refractivity contribution in [2.45, 2.75) is 0 Å². The average molecular weight is 680 g/mol. The number of anilines is 2. The third-order valence-electron chi connectivity index (χ3n) is 6.92. The van der Waals surface area contributed by atoms with Crippen molar-refractivity contribution in [2.24, 2.45) is 14.1 Å². The smallest absolute Gasteiger partial charge is 0.217 e. The second-order valence-corrected chi connectivity index (χ2v) is 14.4. The molecule has 0 aliphatic carbocycles. The molecule has 4 aromatic rings. The van der Waals surface area contributed by atoms with Crippen LogP contribution in [0.1, 0.15) is 22.3 Å². The van der Waals surface area contributed by atoms with Gasteiger partial charge in [-0.25, -0.2) is 17.6 Å². The fourth-order valence-corrected chi connectivity index (χ4v) is 6.12. The highest BCUT2D eigenvalue weighted by Crippen LogP contribution is 2.24. The summed E-state index contributed by atoms with van der Waals surface area (Å²) >= 11 is 0. The van der Waals surface area contributed by atoms with Gasteiger partial charge < -0.3 is 14.4 Å². The van der Waals surface area contributed by atoms with E-state index in [0.29, 0.717) is 0 Å². The van der Waals surface area contributed by atoms with Crippen molar-refractivity contribution in [1.82, 2.24) is 0 Å². The Hall–Kier alpha value is -3.61. The first-order valence-corrected chi connectivity index (χ1v) is 18.5. The van der Waals surface area contributed by atoms with Crippen molar-refractivity contribution in [2.75, 3.05) is 55.6 Å². The van der Waals surface area contributed by atoms with E-state index in [-0.39, 0.29) is 0 Å². The van der Waals surface area contributed by atoms with Gasteiger partial charge in [0, 0.05) is 74.3 Å². The summed E-state index contributed by atoms with van der Waals surface area (Å²) in [6.07, 6.45) is 16.9. The van der Waals surface area contributed by atoms with Crippen LogP contribution in [0.25, 0.3) is 24.3 Å². The molecule has 0 amide bonds. The first-order chi connectivity index (χ1) is 22.0. The van der Waals surface area contributed by atoms with Gasteiger partial charge in [0.2, 0.25) is 10.4 Å². The Morgan fingerprint density at radius 1 is 0.630 bits per heavy atom. The molecule has 0 radical (unpaired) electrons. The fourth-order valence-electron chi connectivity index (χ4n) is 4.04. The number of aromatic nitrogens is 2. The van der Waals surface area contributed by atoms with Gasteiger partial charge in [0.25, 0.3) is 0 Å². The molecule has 11 heteroatoms. The molecule has 46 heavy (non-hydrogen) atoms. The number of rotatable bonds is 14. The molecular formula is C35H43N4O4S3+. The zero-order chi connectivity index (χ0) is 33.4. The molecule has 0 aliphatic rings. The molecule has 0 bridgehead atoms. The second-order valence-electron chi connectivity index (χ2n) is 10.5. The Morgan fingerprint density at radius 2 is 0.913 bits per heavy atom. The minimum Gasteiger partial charge on any atom is -0.726 e. The minimum atomic E-state index is -4.41. The van der Waals surface area contributed by atoms with Crippen LogP contribution in [0.15, 0.2) is 97.6 Å². The summed E-state index contributed by atoms with van der Waals surface area (Å²) in [5.74, 6) is 2.19. The molecule has 0 atom stereocenters. The van der Waals surface area contributed by atoms with E-state index in [2.05, 4.69) is 150 Å². The molecular weight excluding hydrogens is 637 g/mol. The zero-order valence-electron chi connectivity index (χ0n) is 27.0. The summed E-state index contributed by atoms with van der Waals surface area (Å²) in [4.78, 5) is 4.66. The van der Waals surface area contributed by atoms with Crippen molar-refractivity contribution in [1.29, 1.82) is 0 Å². The van der Waals surface area contributed by atoms with Gasteiger partial charge in [-0.05, 0) is 46.5 Å². The topological polar surface area (TPSA) is 80.7 Å². The third kappa shape index (κ3) is 14.2. The number of nitrogens with zero attached hydrogens (tertiary/aromatic N) is 4. The molecule has 0 aliphatic heterocycles. The van der Waals surface area contributed by atoms with Crippen LogP contribution in [0.3, 0.4) is 0 Å². The number of pyridine rings is 2. The van der Waals surface area contributed by atoms with E-state index in [9.17, 15) is 13.0 Å². The second kappa shape index (κ2) is 19.1. The van der Waals surface area contributed by atoms with Crippen LogP contribution in [0, 0.1) is 0 Å². The van der Waals surface area contributed by atoms with Crippen LogP contribution in [0.4, 0.5) is 11.4 Å². The van der Waals surface area contributed by atoms with Crippen molar-refractivity contribution < 1.29 is 26.3 Å². The van der Waals surface area contributed by atoms with E-state index < -0.39 is 10.4 Å². The van der Waals surface area contributed by atoms with Crippen molar-refractivity contribution >= 4 is 67.7 Å². The monoisotopic (exact) mass is 679 g/mol. The number of hydrogen-bond donors (Lipinski definition) is 0. The molecule has 4 rings (SSSR count). The lowest BCUT2D eigenvalue weighted by atomic mass is 10.1. The highest BCUT2D eigenvalue weighted by Gasteiger charge is 2.04. The van der Waals surface area contributed by atoms with Gasteiger partial charge >= 0.3 is 0 Å². The highest BCUT2D eigenvalue weighted by atomic mass is 33.1. The molecule has 2 heterocycles. The minimum absolute atomic E-state index is 0.808. The van der Waals surface area contributed by atoms with Crippen LogP contribution >= 0.6 is 21.6 Å². The highest BCUT2D eigenvalue weighted by molar-refractivity contribution is 8.76. The predicted octanol–water partition coefficient (Wildman–Crippen LogP) is 5.72. The van der Waals surface area contributed by atoms with Gasteiger partial charge in [-0.1, -0.05) is 70.2 Å². The zero-order valence-corrected chi connectivity index (χ0v) is 29.5. The fraction of sp³-hybridized carbons (Fsp3) is 0.257. The van der Waals surface area contributed by atoms with E-state index >= 15 is 0 Å². The molecule has 244 valence electrons. The molecule has 0 N–H and O–H groups in total. The lowest BCUT2D eigenvalue weighted by molar-refractivity contribution is -0.671. The maximum absolute atomic E-state index is 9.22. The van der Waals surface area contributed by atoms with Gasteiger partial charge in [-0.3, -0.25) is 4.18 Å². The molecule has 0 unspecified atom stereocenters. The van der Waals surface area contributed by atoms with Crippen molar-refractivity contribution in [3.63, 3.8) is 0 Å². The normalized spacial score (nSPS) is 11.4. The summed E-state index contributed by atoms with van der Waals surface area (Å²) in [5.41, 5.74) is 7.36. The quantitative estimate of drug-likeness (QED) is 0.0551. The number of aryl methyl sites for hydroxylation is 2. The SMILES string of the molecule is CN(CCSSCCN(C)c1ccc(/C=C/c2cc[n+](C)cc2)cc1)c1ccc(/C=C/c2cc[n+](C)cc2)cc1.COS(=O)(=O)[O-]. The molecule has 0 fully saturated rings. The Bertz CT molecular complexity index is 1520. The first-order valence-electron chi connectivity index (χ1n) is 14.7. The van der Waals surface area contributed by atoms with Gasteiger partial charge in [0.05, 0.1) is 7.11 Å². The largest absolute Gasteiger partial charge is 0.726 e. The maximum Gasteiger partial charge on any atom is 0.217 e. The Balaban J connectivity index is 0.000000875. The molecule has 0 spiro atoms. The number of hydrogen-bond acceptors (Lipinski definition) is 8. The van der Waals surface area contributed by atoms with Crippen LogP contribution < -0.4 is 18.9 Å². The predicted molar refractivity (Wildman–Crippen MR) is 194 cm³/mol. The van der Waals surface area contributed by atoms with E-state index in [1.165, 1.54) is 33.6 Å². The van der Waals surface area contributed by atoms with E-state index in [4.69, 9.17) is 0 Å². The summed E-state index contributed by atoms with van der Waals surface area (Å²) in [5, 5.41) is 0. The Kier molecular flexibility index (Phi) is 15.3. The molecule has 8 nitrogen and oxygen atoms in total. The van der Waals surface area contributed by atoms with Crippen LogP contribution in [-0.4, -0.2) is 58.8 Å². The Morgan fingerprint density at radius 3 is 1.20 bits per heavy atom. The van der Waals surface area contributed by atoms with Gasteiger partial charge in [-0.2, -0.15) is 0 Å². The molecule has 0 saturated carbocycles. The lowest BCUT2D eigenvalue weighted by Gasteiger charge is -2.20. The van der Waals surface area contributed by atoms with Gasteiger partial charge in [0.1, 0.15) is 14.1 Å². The summed E-state index contributed by atoms with van der Waals surface area (Å²) in [7, 11) is 8.72. The van der Waals surface area contributed by atoms with E-state index in [0.717, 1.165) is 31.7 Å². The molecule has 2 aromatic carbocycles. The summed E-state index contributed by atoms with van der Waals surface area (Å²) < 4.78 is 35.1. The first kappa shape index (κ1) is 36.9. The van der Waals surface area contributed by atoms with E-state index in [1.807, 2.05) is 44.8 Å². The molecule has 0 saturated heterocycles. The Labute approximate surface area is 282 Å². The maximum atomic E-state index is 9.22. The standard InChI is InChI=1S/C34H40N4S2.CH4O4S/c1-35-21-17-31(18-22-35)7-5-29-9-13-33(14-10-29)37(3)25-27-39-40-28-26-38(4)34-15-11-30(12-16-34)6-8-32-19-23-36(2)24-20-32;1-5-6(2,3)4/h5-24H,25-28H2,1-4H3;1H3,(H,2,3,4)/q+2;/p-1. The van der Waals surface area contributed by atoms with E-state index in [1.54, 1.807) is 0 Å². The summed E-state index contributed by atoms with van der Waals surface area (Å²) in [6.45, 7) is 2.06. The van der Waals surface area contributed by atoms with Crippen molar-refractivity contribution in [3.8, 4) is 0 Å². The van der Waals surface area contributed by atoms with Crippen LogP contribution in [0.5, 0.6) is 0 Å². The van der Waals surface area contributed by atoms with Gasteiger partial charge in [-0.15, -0.1) is 0 Å². The van der Waals surface area contributed by atoms with Gasteiger partial charge in [0.15, 0.2) is 24.8 Å². The third-order valence-corrected chi connectivity index (χ3v) is 9.69. The van der Waals surface area contributed by atoms with Crippen molar-refractivity contribution in [3.05, 3.63) is 120 Å². The average Bonchev–Trinajstić information content (AvgIpc) is 3.06. The summed E-state index contributed by atoms with van der Waals surface area (Å²) in [6, 6.07) is 26.1.